The maximum atomic E-state index is 13.6. The van der Waals surface area contributed by atoms with Gasteiger partial charge < -0.3 is 0 Å². The monoisotopic (exact) mass is 591 g/mol. The molecule has 1 aromatic carbocycles. The highest BCUT2D eigenvalue weighted by Crippen LogP contribution is 2.67. The van der Waals surface area contributed by atoms with Crippen LogP contribution in [0.2, 0.25) is 0 Å². The van der Waals surface area contributed by atoms with Crippen LogP contribution in [0, 0.1) is 46.3 Å². The quantitative estimate of drug-likeness (QED) is 0.364. The summed E-state index contributed by atoms with van der Waals surface area (Å²) in [5, 5.41) is 0. The van der Waals surface area contributed by atoms with E-state index in [4.69, 9.17) is 0 Å². The normalized spacial score (nSPS) is 38.5. The summed E-state index contributed by atoms with van der Waals surface area (Å²) in [6.45, 7) is 7.61. The molecule has 4 aliphatic rings. The molecule has 4 aliphatic carbocycles. The third-order valence-corrected chi connectivity index (χ3v) is 13.3. The first-order chi connectivity index (χ1) is 17.5. The van der Waals surface area contributed by atoms with Gasteiger partial charge in [0, 0.05) is 36.2 Å². The summed E-state index contributed by atoms with van der Waals surface area (Å²) in [7, 11) is -3.49. The molecule has 5 nitrogen and oxygen atoms in total. The third-order valence-electron chi connectivity index (χ3n) is 11.3. The Morgan fingerprint density at radius 2 is 1.70 bits per heavy atom. The lowest BCUT2D eigenvalue weighted by Gasteiger charge is -2.59. The molecule has 7 heteroatoms. The zero-order valence-corrected chi connectivity index (χ0v) is 24.9. The molecular weight excluding hydrogens is 550 g/mol. The molecule has 0 bridgehead atoms. The molecule has 8 atom stereocenters. The van der Waals surface area contributed by atoms with E-state index in [1.165, 1.54) is 12.8 Å². The van der Waals surface area contributed by atoms with Crippen LogP contribution in [0.4, 0.5) is 0 Å². The van der Waals surface area contributed by atoms with Gasteiger partial charge in [0.1, 0.15) is 11.6 Å². The number of hydrogen-bond donors (Lipinski definition) is 1. The average molecular weight is 593 g/mol. The Balaban J connectivity index is 1.21. The predicted molar refractivity (Wildman–Crippen MR) is 148 cm³/mol. The Morgan fingerprint density at radius 1 is 1.00 bits per heavy atom. The number of sulfonamides is 1. The molecule has 0 saturated heterocycles. The summed E-state index contributed by atoms with van der Waals surface area (Å²) in [6, 6.07) is 6.72. The van der Waals surface area contributed by atoms with Gasteiger partial charge in [0.15, 0.2) is 0 Å². The van der Waals surface area contributed by atoms with Crippen molar-refractivity contribution in [2.75, 3.05) is 6.54 Å². The van der Waals surface area contributed by atoms with Crippen LogP contribution in [-0.2, 0) is 19.6 Å². The van der Waals surface area contributed by atoms with Crippen molar-refractivity contribution in [3.05, 3.63) is 28.7 Å². The minimum absolute atomic E-state index is 0.142. The van der Waals surface area contributed by atoms with Gasteiger partial charge in [-0.3, -0.25) is 9.59 Å². The molecular formula is C30H42BrNO4S. The van der Waals surface area contributed by atoms with Crippen molar-refractivity contribution in [3.63, 3.8) is 0 Å². The zero-order chi connectivity index (χ0) is 26.6. The lowest BCUT2D eigenvalue weighted by Crippen LogP contribution is -2.57. The topological polar surface area (TPSA) is 80.3 Å². The van der Waals surface area contributed by atoms with E-state index in [1.54, 1.807) is 24.3 Å². The van der Waals surface area contributed by atoms with Crippen molar-refractivity contribution in [1.82, 2.24) is 4.72 Å². The number of nitrogens with one attached hydrogen (secondary N) is 1. The predicted octanol–water partition coefficient (Wildman–Crippen LogP) is 6.55. The first-order valence-corrected chi connectivity index (χ1v) is 16.5. The highest BCUT2D eigenvalue weighted by atomic mass is 79.9. The van der Waals surface area contributed by atoms with Gasteiger partial charge in [-0.25, -0.2) is 13.1 Å². The SMILES string of the molecule is C[C@H](CCCNS(=O)(=O)c1ccc(Br)cc1)[C@H]1CC[C@H]2[C@@H]3C(=O)C[C@@H]4CC(=O)CC[C@]4(C)[C@H]3CC[C@]12C. The second-order valence-electron chi connectivity index (χ2n) is 13.1. The summed E-state index contributed by atoms with van der Waals surface area (Å²) in [5.41, 5.74) is 0.324. The maximum absolute atomic E-state index is 13.6. The van der Waals surface area contributed by atoms with Gasteiger partial charge in [0.05, 0.1) is 4.90 Å². The molecule has 0 spiro atoms. The van der Waals surface area contributed by atoms with Crippen molar-refractivity contribution in [3.8, 4) is 0 Å². The van der Waals surface area contributed by atoms with E-state index in [2.05, 4.69) is 41.4 Å². The van der Waals surface area contributed by atoms with Crippen LogP contribution in [0.3, 0.4) is 0 Å². The number of halogens is 1. The molecule has 0 amide bonds. The van der Waals surface area contributed by atoms with E-state index >= 15 is 0 Å². The molecule has 4 fully saturated rings. The number of Topliss-reactive ketones (excluding diaryl/α,β-unsaturated/α-hetero) is 2. The molecule has 0 aliphatic heterocycles. The standard InChI is InChI=1S/C30H42BrNO4S/c1-19(5-4-16-32-37(35,36)23-8-6-21(31)7-9-23)24-10-11-25-28-26(13-15-30(24,25)3)29(2)14-12-22(33)17-20(29)18-27(28)34/h6-9,19-20,24-26,28,32H,4-5,10-18H2,1-3H3/t19-,20+,24-,25+,26+,28+,29+,30-/m1/s1. The molecule has 0 unspecified atom stereocenters. The Bertz CT molecular complexity index is 1150. The van der Waals surface area contributed by atoms with Crippen molar-refractivity contribution in [2.45, 2.75) is 89.9 Å². The lowest BCUT2D eigenvalue weighted by molar-refractivity contribution is -0.159. The average Bonchev–Trinajstić information content (AvgIpc) is 3.20. The van der Waals surface area contributed by atoms with Crippen LogP contribution in [0.5, 0.6) is 0 Å². The second kappa shape index (κ2) is 10.2. The first kappa shape index (κ1) is 27.5. The fraction of sp³-hybridized carbons (Fsp3) is 0.733. The third kappa shape index (κ3) is 4.91. The van der Waals surface area contributed by atoms with Crippen molar-refractivity contribution in [1.29, 1.82) is 0 Å². The molecule has 204 valence electrons. The molecule has 0 aromatic heterocycles. The second-order valence-corrected chi connectivity index (χ2v) is 15.7. The molecule has 37 heavy (non-hydrogen) atoms. The summed E-state index contributed by atoms with van der Waals surface area (Å²) in [6.07, 6.45) is 9.26. The molecule has 0 heterocycles. The number of benzene rings is 1. The smallest absolute Gasteiger partial charge is 0.240 e. The zero-order valence-electron chi connectivity index (χ0n) is 22.5. The Labute approximate surface area is 231 Å². The summed E-state index contributed by atoms with van der Waals surface area (Å²) >= 11 is 3.35. The van der Waals surface area contributed by atoms with Gasteiger partial charge in [-0.15, -0.1) is 0 Å². The van der Waals surface area contributed by atoms with Gasteiger partial charge in [-0.05, 0) is 110 Å². The van der Waals surface area contributed by atoms with Gasteiger partial charge in [-0.1, -0.05) is 36.7 Å². The van der Waals surface area contributed by atoms with Crippen molar-refractivity contribution >= 4 is 37.5 Å². The van der Waals surface area contributed by atoms with Crippen molar-refractivity contribution in [2.24, 2.45) is 46.3 Å². The van der Waals surface area contributed by atoms with Crippen molar-refractivity contribution < 1.29 is 18.0 Å². The van der Waals surface area contributed by atoms with E-state index in [-0.39, 0.29) is 22.7 Å². The van der Waals surface area contributed by atoms with Gasteiger partial charge in [0.2, 0.25) is 10.0 Å². The number of rotatable bonds is 7. The van der Waals surface area contributed by atoms with E-state index < -0.39 is 10.0 Å². The Kier molecular flexibility index (Phi) is 7.56. The Hall–Kier alpha value is -1.05. The van der Waals surface area contributed by atoms with Crippen LogP contribution in [-0.4, -0.2) is 26.5 Å². The first-order valence-electron chi connectivity index (χ1n) is 14.3. The summed E-state index contributed by atoms with van der Waals surface area (Å²) < 4.78 is 28.9. The largest absolute Gasteiger partial charge is 0.300 e. The van der Waals surface area contributed by atoms with Gasteiger partial charge in [-0.2, -0.15) is 0 Å². The number of hydrogen-bond acceptors (Lipinski definition) is 4. The van der Waals surface area contributed by atoms with Crippen LogP contribution in [0.1, 0.15) is 85.0 Å². The van der Waals surface area contributed by atoms with Gasteiger partial charge in [0.25, 0.3) is 0 Å². The molecule has 5 rings (SSSR count). The van der Waals surface area contributed by atoms with Gasteiger partial charge >= 0.3 is 0 Å². The van der Waals surface area contributed by atoms with Crippen LogP contribution in [0.15, 0.2) is 33.6 Å². The van der Waals surface area contributed by atoms with Crippen LogP contribution >= 0.6 is 15.9 Å². The summed E-state index contributed by atoms with van der Waals surface area (Å²) in [4.78, 5) is 26.0. The van der Waals surface area contributed by atoms with E-state index in [1.807, 2.05) is 0 Å². The molecule has 0 radical (unpaired) electrons. The minimum atomic E-state index is -3.49. The van der Waals surface area contributed by atoms with E-state index in [0.717, 1.165) is 36.6 Å². The highest BCUT2D eigenvalue weighted by Gasteiger charge is 2.63. The summed E-state index contributed by atoms with van der Waals surface area (Å²) in [5.74, 6) is 3.18. The number of carbonyl (C=O) groups is 2. The number of ketones is 2. The number of fused-ring (bicyclic) bond motifs is 5. The van der Waals surface area contributed by atoms with Crippen LogP contribution in [0.25, 0.3) is 0 Å². The fourth-order valence-corrected chi connectivity index (χ4v) is 10.6. The molecule has 1 N–H and O–H groups in total. The Morgan fingerprint density at radius 3 is 2.43 bits per heavy atom. The lowest BCUT2D eigenvalue weighted by atomic mass is 9.44. The maximum Gasteiger partial charge on any atom is 0.240 e. The number of carbonyl (C=O) groups excluding carboxylic acids is 2. The molecule has 4 saturated carbocycles. The van der Waals surface area contributed by atoms with E-state index in [9.17, 15) is 18.0 Å². The highest BCUT2D eigenvalue weighted by molar-refractivity contribution is 9.10. The van der Waals surface area contributed by atoms with Crippen LogP contribution < -0.4 is 4.72 Å². The fourth-order valence-electron chi connectivity index (χ4n) is 9.23. The van der Waals surface area contributed by atoms with E-state index in [0.29, 0.717) is 65.9 Å². The minimum Gasteiger partial charge on any atom is -0.300 e. The molecule has 1 aromatic rings.